The molecule has 5 nitrogen and oxygen atoms in total. The molecule has 1 amide bonds. The quantitative estimate of drug-likeness (QED) is 0.796. The highest BCUT2D eigenvalue weighted by Crippen LogP contribution is 2.47. The number of nitriles is 1. The Morgan fingerprint density at radius 2 is 1.86 bits per heavy atom. The van der Waals surface area contributed by atoms with E-state index in [1.165, 1.54) is 11.1 Å². The number of carbonyl (C=O) groups excluding carboxylic acids is 1. The summed E-state index contributed by atoms with van der Waals surface area (Å²) < 4.78 is 0. The molecule has 5 rings (SSSR count). The fraction of sp³-hybridized carbons (Fsp3) is 0.458. The fourth-order valence-corrected chi connectivity index (χ4v) is 5.36. The number of amides is 1. The maximum atomic E-state index is 13.3. The van der Waals surface area contributed by atoms with Gasteiger partial charge in [0, 0.05) is 38.3 Å². The van der Waals surface area contributed by atoms with E-state index in [0.29, 0.717) is 23.3 Å². The van der Waals surface area contributed by atoms with Gasteiger partial charge in [0.15, 0.2) is 0 Å². The first-order valence-electron chi connectivity index (χ1n) is 10.7. The molecule has 3 atom stereocenters. The molecule has 1 saturated carbocycles. The van der Waals surface area contributed by atoms with Gasteiger partial charge < -0.3 is 9.80 Å². The first-order chi connectivity index (χ1) is 14.2. The Morgan fingerprint density at radius 3 is 2.59 bits per heavy atom. The number of piperidine rings is 1. The summed E-state index contributed by atoms with van der Waals surface area (Å²) >= 11 is 0. The smallest absolute Gasteiger partial charge is 0.226 e. The molecule has 3 aliphatic rings. The van der Waals surface area contributed by atoms with E-state index in [4.69, 9.17) is 5.26 Å². The van der Waals surface area contributed by atoms with Gasteiger partial charge in [0.25, 0.3) is 0 Å². The molecular weight excluding hydrogens is 360 g/mol. The van der Waals surface area contributed by atoms with Gasteiger partial charge in [-0.3, -0.25) is 4.79 Å². The predicted molar refractivity (Wildman–Crippen MR) is 111 cm³/mol. The summed E-state index contributed by atoms with van der Waals surface area (Å²) in [5.41, 5.74) is 3.42. The summed E-state index contributed by atoms with van der Waals surface area (Å²) in [5.74, 6) is 2.42. The second-order valence-corrected chi connectivity index (χ2v) is 8.61. The van der Waals surface area contributed by atoms with E-state index < -0.39 is 0 Å². The van der Waals surface area contributed by atoms with Crippen LogP contribution in [0, 0.1) is 29.1 Å². The summed E-state index contributed by atoms with van der Waals surface area (Å²) in [6, 6.07) is 14.4. The first kappa shape index (κ1) is 18.2. The van der Waals surface area contributed by atoms with Crippen LogP contribution in [0.2, 0.25) is 0 Å². The predicted octanol–water partition coefficient (Wildman–Crippen LogP) is 3.04. The van der Waals surface area contributed by atoms with Crippen molar-refractivity contribution in [2.75, 3.05) is 31.1 Å². The van der Waals surface area contributed by atoms with E-state index >= 15 is 0 Å². The highest BCUT2D eigenvalue weighted by molar-refractivity contribution is 5.80. The van der Waals surface area contributed by atoms with Gasteiger partial charge in [0.05, 0.1) is 11.6 Å². The molecule has 3 heterocycles. The third-order valence-corrected chi connectivity index (χ3v) is 7.13. The largest absolute Gasteiger partial charge is 0.356 e. The van der Waals surface area contributed by atoms with Gasteiger partial charge in [-0.15, -0.1) is 0 Å². The molecule has 0 spiro atoms. The average molecular weight is 386 g/mol. The lowest BCUT2D eigenvalue weighted by Gasteiger charge is -2.51. The third kappa shape index (κ3) is 3.37. The van der Waals surface area contributed by atoms with Crippen molar-refractivity contribution in [3.63, 3.8) is 0 Å². The molecule has 29 heavy (non-hydrogen) atoms. The zero-order valence-corrected chi connectivity index (χ0v) is 16.6. The Bertz CT molecular complexity index is 938. The van der Waals surface area contributed by atoms with Crippen molar-refractivity contribution >= 4 is 11.7 Å². The number of aromatic nitrogens is 1. The maximum absolute atomic E-state index is 13.3. The Morgan fingerprint density at radius 1 is 1.10 bits per heavy atom. The number of nitrogens with zero attached hydrogens (tertiary/aromatic N) is 4. The lowest BCUT2D eigenvalue weighted by molar-refractivity contribution is -0.145. The molecule has 1 aromatic carbocycles. The highest BCUT2D eigenvalue weighted by Gasteiger charge is 2.48. The standard InChI is InChI=1S/C24H26N4O/c25-15-17-5-9-26-23(13-17)28-12-8-20-14-21(22(20)16-28)24(29)27-10-6-18-3-1-2-4-19(18)7-11-27/h1-5,9,13,20-22H,6-8,10-12,14,16H2/t20-,21-,22-/m1/s1. The topological polar surface area (TPSA) is 60.2 Å². The first-order valence-corrected chi connectivity index (χ1v) is 10.7. The SMILES string of the molecule is N#Cc1ccnc(N2CC[C@@H]3C[C@@H](C(=O)N4CCc5ccccc5CC4)[C@@H]3C2)c1. The van der Waals surface area contributed by atoms with Gasteiger partial charge in [-0.05, 0) is 60.8 Å². The summed E-state index contributed by atoms with van der Waals surface area (Å²) in [5, 5.41) is 9.17. The number of fused-ring (bicyclic) bond motifs is 2. The summed E-state index contributed by atoms with van der Waals surface area (Å²) in [4.78, 5) is 22.2. The van der Waals surface area contributed by atoms with Crippen molar-refractivity contribution in [3.05, 3.63) is 59.3 Å². The van der Waals surface area contributed by atoms with E-state index in [9.17, 15) is 4.79 Å². The van der Waals surface area contributed by atoms with Crippen LogP contribution in [0.5, 0.6) is 0 Å². The number of hydrogen-bond acceptors (Lipinski definition) is 4. The average Bonchev–Trinajstić information content (AvgIpc) is 2.97. The molecule has 2 aliphatic heterocycles. The fourth-order valence-electron chi connectivity index (χ4n) is 5.36. The van der Waals surface area contributed by atoms with Crippen molar-refractivity contribution in [2.45, 2.75) is 25.7 Å². The summed E-state index contributed by atoms with van der Waals surface area (Å²) in [7, 11) is 0. The second kappa shape index (κ2) is 7.51. The Balaban J connectivity index is 1.26. The van der Waals surface area contributed by atoms with Gasteiger partial charge in [0.1, 0.15) is 5.82 Å². The lowest BCUT2D eigenvalue weighted by atomic mass is 9.61. The molecule has 0 bridgehead atoms. The van der Waals surface area contributed by atoms with Crippen molar-refractivity contribution < 1.29 is 4.79 Å². The molecule has 1 aromatic heterocycles. The third-order valence-electron chi connectivity index (χ3n) is 7.13. The van der Waals surface area contributed by atoms with Gasteiger partial charge in [-0.2, -0.15) is 5.26 Å². The number of pyridine rings is 1. The minimum atomic E-state index is 0.142. The van der Waals surface area contributed by atoms with E-state index in [-0.39, 0.29) is 5.92 Å². The molecule has 0 radical (unpaired) electrons. The number of carbonyl (C=O) groups is 1. The second-order valence-electron chi connectivity index (χ2n) is 8.61. The number of benzene rings is 1. The molecule has 5 heteroatoms. The van der Waals surface area contributed by atoms with E-state index in [0.717, 1.165) is 57.7 Å². The Kier molecular flexibility index (Phi) is 4.71. The van der Waals surface area contributed by atoms with Crippen LogP contribution in [0.4, 0.5) is 5.82 Å². The van der Waals surface area contributed by atoms with Crippen LogP contribution in [0.1, 0.15) is 29.5 Å². The molecule has 0 unspecified atom stereocenters. The van der Waals surface area contributed by atoms with Crippen molar-refractivity contribution in [1.29, 1.82) is 5.26 Å². The zero-order valence-electron chi connectivity index (χ0n) is 16.6. The van der Waals surface area contributed by atoms with Crippen LogP contribution in [0.15, 0.2) is 42.6 Å². The van der Waals surface area contributed by atoms with Crippen LogP contribution < -0.4 is 4.90 Å². The molecule has 148 valence electrons. The molecular formula is C24H26N4O. The maximum Gasteiger partial charge on any atom is 0.226 e. The van der Waals surface area contributed by atoms with E-state index in [2.05, 4.69) is 45.1 Å². The summed E-state index contributed by atoms with van der Waals surface area (Å²) in [6.45, 7) is 3.50. The minimum absolute atomic E-state index is 0.142. The molecule has 1 saturated heterocycles. The van der Waals surface area contributed by atoms with E-state index in [1.807, 2.05) is 6.07 Å². The Labute approximate surface area is 172 Å². The van der Waals surface area contributed by atoms with Crippen LogP contribution in [-0.2, 0) is 17.6 Å². The van der Waals surface area contributed by atoms with Crippen LogP contribution in [0.25, 0.3) is 0 Å². The van der Waals surface area contributed by atoms with Crippen molar-refractivity contribution in [1.82, 2.24) is 9.88 Å². The van der Waals surface area contributed by atoms with Crippen molar-refractivity contribution in [3.8, 4) is 6.07 Å². The van der Waals surface area contributed by atoms with Gasteiger partial charge in [0.2, 0.25) is 5.91 Å². The van der Waals surface area contributed by atoms with Crippen LogP contribution in [-0.4, -0.2) is 42.0 Å². The minimum Gasteiger partial charge on any atom is -0.356 e. The molecule has 0 N–H and O–H groups in total. The van der Waals surface area contributed by atoms with Crippen molar-refractivity contribution in [2.24, 2.45) is 17.8 Å². The number of anilines is 1. The monoisotopic (exact) mass is 386 g/mol. The van der Waals surface area contributed by atoms with E-state index in [1.54, 1.807) is 12.3 Å². The highest BCUT2D eigenvalue weighted by atomic mass is 16.2. The zero-order chi connectivity index (χ0) is 19.8. The molecule has 2 fully saturated rings. The van der Waals surface area contributed by atoms with Crippen LogP contribution >= 0.6 is 0 Å². The Hall–Kier alpha value is -2.87. The number of hydrogen-bond donors (Lipinski definition) is 0. The molecule has 1 aliphatic carbocycles. The van der Waals surface area contributed by atoms with Crippen LogP contribution in [0.3, 0.4) is 0 Å². The van der Waals surface area contributed by atoms with Gasteiger partial charge in [-0.1, -0.05) is 24.3 Å². The number of rotatable bonds is 2. The lowest BCUT2D eigenvalue weighted by Crippen LogP contribution is -2.56. The van der Waals surface area contributed by atoms with Gasteiger partial charge in [-0.25, -0.2) is 4.98 Å². The molecule has 2 aromatic rings. The summed E-state index contributed by atoms with van der Waals surface area (Å²) in [6.07, 6.45) is 5.77. The van der Waals surface area contributed by atoms with Gasteiger partial charge >= 0.3 is 0 Å². The normalized spacial score (nSPS) is 25.8.